The van der Waals surface area contributed by atoms with Gasteiger partial charge in [-0.05, 0) is 40.4 Å². The van der Waals surface area contributed by atoms with Crippen molar-refractivity contribution in [3.63, 3.8) is 0 Å². The molecule has 1 saturated heterocycles. The summed E-state index contributed by atoms with van der Waals surface area (Å²) in [4.78, 5) is 28.4. The Morgan fingerprint density at radius 3 is 2.89 bits per heavy atom. The van der Waals surface area contributed by atoms with E-state index in [0.717, 1.165) is 10.9 Å². The standard InChI is InChI=1S/C12H13BrN2O3/c13-9-1-2-10(14-6-9)12(18)15-4-3-8(7-15)5-11(16)17/h1-2,6,8H,3-5,7H2,(H,16,17). The van der Waals surface area contributed by atoms with Gasteiger partial charge in [0.2, 0.25) is 0 Å². The highest BCUT2D eigenvalue weighted by atomic mass is 79.9. The van der Waals surface area contributed by atoms with Crippen molar-refractivity contribution in [2.45, 2.75) is 12.8 Å². The Kier molecular flexibility index (Phi) is 3.96. The molecule has 1 aliphatic heterocycles. The lowest BCUT2D eigenvalue weighted by Crippen LogP contribution is -2.29. The third kappa shape index (κ3) is 3.07. The zero-order valence-corrected chi connectivity index (χ0v) is 11.3. The fraction of sp³-hybridized carbons (Fsp3) is 0.417. The number of likely N-dealkylation sites (tertiary alicyclic amines) is 1. The summed E-state index contributed by atoms with van der Waals surface area (Å²) >= 11 is 3.26. The number of carboxylic acid groups (broad SMARTS) is 1. The first kappa shape index (κ1) is 13.0. The second-order valence-corrected chi connectivity index (χ2v) is 5.28. The van der Waals surface area contributed by atoms with Crippen LogP contribution in [0, 0.1) is 5.92 Å². The van der Waals surface area contributed by atoms with Crippen LogP contribution in [-0.4, -0.2) is 40.0 Å². The van der Waals surface area contributed by atoms with Crippen molar-refractivity contribution in [2.75, 3.05) is 13.1 Å². The molecule has 0 bridgehead atoms. The molecule has 6 heteroatoms. The van der Waals surface area contributed by atoms with E-state index in [0.29, 0.717) is 18.8 Å². The molecule has 2 heterocycles. The van der Waals surface area contributed by atoms with Crippen LogP contribution in [0.3, 0.4) is 0 Å². The molecule has 0 saturated carbocycles. The van der Waals surface area contributed by atoms with E-state index < -0.39 is 5.97 Å². The number of hydrogen-bond acceptors (Lipinski definition) is 3. The van der Waals surface area contributed by atoms with Gasteiger partial charge in [0, 0.05) is 30.2 Å². The second-order valence-electron chi connectivity index (χ2n) is 4.37. The number of pyridine rings is 1. The van der Waals surface area contributed by atoms with E-state index in [-0.39, 0.29) is 18.2 Å². The Balaban J connectivity index is 1.99. The fourth-order valence-electron chi connectivity index (χ4n) is 2.10. The third-order valence-corrected chi connectivity index (χ3v) is 3.45. The van der Waals surface area contributed by atoms with Crippen LogP contribution in [-0.2, 0) is 4.79 Å². The molecule has 1 aromatic heterocycles. The zero-order chi connectivity index (χ0) is 13.1. The average Bonchev–Trinajstić information content (AvgIpc) is 2.76. The summed E-state index contributed by atoms with van der Waals surface area (Å²) in [5.41, 5.74) is 0.397. The summed E-state index contributed by atoms with van der Waals surface area (Å²) < 4.78 is 0.823. The number of aromatic nitrogens is 1. The van der Waals surface area contributed by atoms with Crippen LogP contribution < -0.4 is 0 Å². The quantitative estimate of drug-likeness (QED) is 0.923. The van der Waals surface area contributed by atoms with E-state index >= 15 is 0 Å². The molecule has 0 spiro atoms. The molecule has 1 aliphatic rings. The number of halogens is 1. The van der Waals surface area contributed by atoms with Crippen molar-refractivity contribution in [2.24, 2.45) is 5.92 Å². The predicted molar refractivity (Wildman–Crippen MR) is 68.2 cm³/mol. The summed E-state index contributed by atoms with van der Waals surface area (Å²) in [6, 6.07) is 3.43. The van der Waals surface area contributed by atoms with Crippen LogP contribution in [0.25, 0.3) is 0 Å². The summed E-state index contributed by atoms with van der Waals surface area (Å²) in [6.45, 7) is 1.11. The molecule has 1 amide bonds. The maximum atomic E-state index is 12.1. The van der Waals surface area contributed by atoms with Gasteiger partial charge in [0.25, 0.3) is 5.91 Å². The van der Waals surface area contributed by atoms with Gasteiger partial charge < -0.3 is 10.0 Å². The van der Waals surface area contributed by atoms with Gasteiger partial charge in [0.05, 0.1) is 0 Å². The number of amides is 1. The predicted octanol–water partition coefficient (Wildman–Crippen LogP) is 1.78. The average molecular weight is 313 g/mol. The molecule has 5 nitrogen and oxygen atoms in total. The topological polar surface area (TPSA) is 70.5 Å². The molecule has 1 N–H and O–H groups in total. The lowest BCUT2D eigenvalue weighted by Gasteiger charge is -2.15. The van der Waals surface area contributed by atoms with Gasteiger partial charge in [-0.2, -0.15) is 0 Å². The second kappa shape index (κ2) is 5.48. The molecule has 1 unspecified atom stereocenters. The smallest absolute Gasteiger partial charge is 0.303 e. The fourth-order valence-corrected chi connectivity index (χ4v) is 2.33. The van der Waals surface area contributed by atoms with Crippen molar-refractivity contribution >= 4 is 27.8 Å². The molecule has 0 aliphatic carbocycles. The van der Waals surface area contributed by atoms with Crippen LogP contribution in [0.5, 0.6) is 0 Å². The minimum atomic E-state index is -0.809. The monoisotopic (exact) mass is 312 g/mol. The zero-order valence-electron chi connectivity index (χ0n) is 9.67. The van der Waals surface area contributed by atoms with Gasteiger partial charge in [0.1, 0.15) is 5.69 Å². The summed E-state index contributed by atoms with van der Waals surface area (Å²) in [5.74, 6) is -0.881. The summed E-state index contributed by atoms with van der Waals surface area (Å²) in [6.07, 6.45) is 2.45. The molecular weight excluding hydrogens is 300 g/mol. The van der Waals surface area contributed by atoms with Crippen LogP contribution in [0.15, 0.2) is 22.8 Å². The van der Waals surface area contributed by atoms with Gasteiger partial charge in [-0.3, -0.25) is 9.59 Å². The van der Waals surface area contributed by atoms with Gasteiger partial charge >= 0.3 is 5.97 Å². The minimum Gasteiger partial charge on any atom is -0.481 e. The third-order valence-electron chi connectivity index (χ3n) is 2.98. The summed E-state index contributed by atoms with van der Waals surface area (Å²) in [7, 11) is 0. The molecule has 1 atom stereocenters. The van der Waals surface area contributed by atoms with E-state index in [1.165, 1.54) is 0 Å². The van der Waals surface area contributed by atoms with Crippen molar-refractivity contribution in [1.82, 2.24) is 9.88 Å². The van der Waals surface area contributed by atoms with Gasteiger partial charge in [-0.15, -0.1) is 0 Å². The lowest BCUT2D eigenvalue weighted by molar-refractivity contribution is -0.138. The van der Waals surface area contributed by atoms with E-state index in [9.17, 15) is 9.59 Å². The minimum absolute atomic E-state index is 0.0573. The highest BCUT2D eigenvalue weighted by molar-refractivity contribution is 9.10. The summed E-state index contributed by atoms with van der Waals surface area (Å²) in [5, 5.41) is 8.73. The first-order chi connectivity index (χ1) is 8.56. The van der Waals surface area contributed by atoms with Crippen LogP contribution in [0.2, 0.25) is 0 Å². The number of nitrogens with zero attached hydrogens (tertiary/aromatic N) is 2. The normalized spacial score (nSPS) is 18.9. The van der Waals surface area contributed by atoms with E-state index in [4.69, 9.17) is 5.11 Å². The Labute approximate surface area is 113 Å². The molecule has 1 aromatic rings. The Morgan fingerprint density at radius 2 is 2.28 bits per heavy atom. The molecule has 0 radical (unpaired) electrons. The highest BCUT2D eigenvalue weighted by Gasteiger charge is 2.28. The van der Waals surface area contributed by atoms with E-state index in [1.54, 1.807) is 23.2 Å². The van der Waals surface area contributed by atoms with E-state index in [2.05, 4.69) is 20.9 Å². The van der Waals surface area contributed by atoms with Crippen molar-refractivity contribution in [3.05, 3.63) is 28.5 Å². The van der Waals surface area contributed by atoms with Crippen molar-refractivity contribution in [3.8, 4) is 0 Å². The number of carbonyl (C=O) groups is 2. The first-order valence-electron chi connectivity index (χ1n) is 5.69. The van der Waals surface area contributed by atoms with Crippen molar-refractivity contribution in [1.29, 1.82) is 0 Å². The molecule has 2 rings (SSSR count). The Morgan fingerprint density at radius 1 is 1.50 bits per heavy atom. The lowest BCUT2D eigenvalue weighted by atomic mass is 10.1. The molecule has 18 heavy (non-hydrogen) atoms. The number of rotatable bonds is 3. The van der Waals surface area contributed by atoms with Crippen LogP contribution >= 0.6 is 15.9 Å². The number of carbonyl (C=O) groups excluding carboxylic acids is 1. The molecule has 96 valence electrons. The van der Waals surface area contributed by atoms with Crippen LogP contribution in [0.4, 0.5) is 0 Å². The number of aliphatic carboxylic acids is 1. The molecular formula is C12H13BrN2O3. The van der Waals surface area contributed by atoms with Crippen LogP contribution in [0.1, 0.15) is 23.3 Å². The largest absolute Gasteiger partial charge is 0.481 e. The van der Waals surface area contributed by atoms with E-state index in [1.807, 2.05) is 0 Å². The Hall–Kier alpha value is -1.43. The van der Waals surface area contributed by atoms with Crippen molar-refractivity contribution < 1.29 is 14.7 Å². The number of carboxylic acids is 1. The number of hydrogen-bond donors (Lipinski definition) is 1. The van der Waals surface area contributed by atoms with Gasteiger partial charge in [-0.1, -0.05) is 0 Å². The maximum Gasteiger partial charge on any atom is 0.303 e. The Bertz CT molecular complexity index is 461. The van der Waals surface area contributed by atoms with Gasteiger partial charge in [-0.25, -0.2) is 4.98 Å². The first-order valence-corrected chi connectivity index (χ1v) is 6.48. The molecule has 1 fully saturated rings. The molecule has 0 aromatic carbocycles. The highest BCUT2D eigenvalue weighted by Crippen LogP contribution is 2.21. The SMILES string of the molecule is O=C(O)CC1CCN(C(=O)c2ccc(Br)cn2)C1. The maximum absolute atomic E-state index is 12.1. The van der Waals surface area contributed by atoms with Gasteiger partial charge in [0.15, 0.2) is 0 Å².